The van der Waals surface area contributed by atoms with Crippen LogP contribution in [0.3, 0.4) is 0 Å². The molecule has 0 saturated carbocycles. The van der Waals surface area contributed by atoms with Crippen LogP contribution >= 0.6 is 0 Å². The van der Waals surface area contributed by atoms with E-state index in [1.54, 1.807) is 0 Å². The zero-order valence-electron chi connectivity index (χ0n) is 29.3. The van der Waals surface area contributed by atoms with Crippen LogP contribution in [0.15, 0.2) is 91.0 Å². The van der Waals surface area contributed by atoms with Crippen molar-refractivity contribution in [1.29, 1.82) is 0 Å². The van der Waals surface area contributed by atoms with Crippen molar-refractivity contribution in [1.82, 2.24) is 20.0 Å². The molecule has 0 saturated heterocycles. The lowest BCUT2D eigenvalue weighted by atomic mass is 9.68. The molecule has 1 atom stereocenters. The first-order valence-corrected chi connectivity index (χ1v) is 17.1. The molecule has 3 aromatic rings. The van der Waals surface area contributed by atoms with Gasteiger partial charge in [-0.25, -0.2) is 0 Å². The van der Waals surface area contributed by atoms with Crippen molar-refractivity contribution < 1.29 is 54.3 Å². The number of hydrogen-bond donors (Lipinski definition) is 6. The van der Waals surface area contributed by atoms with Gasteiger partial charge in [-0.2, -0.15) is 0 Å². The summed E-state index contributed by atoms with van der Waals surface area (Å²) in [5.41, 5.74) is 1.09. The molecule has 15 nitrogen and oxygen atoms in total. The van der Waals surface area contributed by atoms with Gasteiger partial charge in [0.15, 0.2) is 0 Å². The molecule has 0 aliphatic rings. The Labute approximate surface area is 307 Å². The van der Waals surface area contributed by atoms with Gasteiger partial charge in [-0.3, -0.25) is 43.5 Å². The van der Waals surface area contributed by atoms with Crippen LogP contribution in [0.4, 0.5) is 0 Å². The van der Waals surface area contributed by atoms with E-state index in [2.05, 4.69) is 5.32 Å². The summed E-state index contributed by atoms with van der Waals surface area (Å²) in [6, 6.07) is 27.0. The number of unbranched alkanes of at least 4 members (excludes halogenated alkanes) is 1. The highest BCUT2D eigenvalue weighted by molar-refractivity contribution is 5.96. The third-order valence-corrected chi connectivity index (χ3v) is 8.72. The highest BCUT2D eigenvalue weighted by atomic mass is 16.4. The van der Waals surface area contributed by atoms with Gasteiger partial charge in [-0.15, -0.1) is 0 Å². The van der Waals surface area contributed by atoms with Gasteiger partial charge in [0.25, 0.3) is 0 Å². The number of nitrogens with zero attached hydrogens (tertiary/aromatic N) is 3. The van der Waals surface area contributed by atoms with Crippen LogP contribution in [0.25, 0.3) is 0 Å². The van der Waals surface area contributed by atoms with Crippen LogP contribution in [-0.2, 0) is 34.2 Å². The Morgan fingerprint density at radius 2 is 0.887 bits per heavy atom. The molecule has 0 unspecified atom stereocenters. The maximum Gasteiger partial charge on any atom is 0.320 e. The Morgan fingerprint density at radius 3 is 1.21 bits per heavy atom. The van der Waals surface area contributed by atoms with Crippen LogP contribution in [0.5, 0.6) is 0 Å². The number of benzene rings is 3. The first-order chi connectivity index (χ1) is 25.3. The van der Waals surface area contributed by atoms with E-state index < -0.39 is 67.5 Å². The third kappa shape index (κ3) is 12.8. The lowest BCUT2D eigenvalue weighted by Crippen LogP contribution is -2.50. The summed E-state index contributed by atoms with van der Waals surface area (Å²) < 4.78 is 0. The second-order valence-electron chi connectivity index (χ2n) is 12.5. The van der Waals surface area contributed by atoms with Crippen LogP contribution < -0.4 is 5.32 Å². The number of carbonyl (C=O) groups excluding carboxylic acids is 1. The van der Waals surface area contributed by atoms with E-state index in [1.165, 1.54) is 4.90 Å². The van der Waals surface area contributed by atoms with Crippen molar-refractivity contribution in [3.63, 3.8) is 0 Å². The summed E-state index contributed by atoms with van der Waals surface area (Å²) in [5, 5.41) is 50.4. The van der Waals surface area contributed by atoms with Crippen LogP contribution in [0.2, 0.25) is 0 Å². The molecule has 284 valence electrons. The summed E-state index contributed by atoms with van der Waals surface area (Å²) in [5.74, 6) is -6.61. The standard InChI is InChI=1S/C38H46N4O11/c43-32(44)24-40(25-33(45)46)20-22-42(23-21-41(26-34(47)48)27-35(49)50)31(36(51)52)18-10-11-19-39-37(53)38(28-12-4-1-5-13-28,29-14-6-2-7-15-29)30-16-8-3-9-17-30/h1-9,12-17,31H,10-11,18-27H2,(H,39,53)(H,43,44)(H,45,46)(H,47,48)(H,49,50)(H,51,52)/t31-/m0/s1. The molecule has 0 spiro atoms. The minimum Gasteiger partial charge on any atom is -0.480 e. The molecule has 0 fully saturated rings. The van der Waals surface area contributed by atoms with Gasteiger partial charge in [0.1, 0.15) is 11.5 Å². The fraction of sp³-hybridized carbons (Fsp3) is 0.368. The van der Waals surface area contributed by atoms with Crippen molar-refractivity contribution in [3.05, 3.63) is 108 Å². The number of carboxylic acids is 5. The molecule has 0 bridgehead atoms. The van der Waals surface area contributed by atoms with E-state index in [-0.39, 0.29) is 45.1 Å². The van der Waals surface area contributed by atoms with Crippen molar-refractivity contribution in [2.45, 2.75) is 30.7 Å². The molecule has 6 N–H and O–H groups in total. The van der Waals surface area contributed by atoms with Gasteiger partial charge < -0.3 is 30.8 Å². The zero-order valence-corrected chi connectivity index (χ0v) is 29.3. The van der Waals surface area contributed by atoms with Crippen molar-refractivity contribution in [2.75, 3.05) is 58.9 Å². The van der Waals surface area contributed by atoms with Gasteiger partial charge in [-0.05, 0) is 36.0 Å². The summed E-state index contributed by atoms with van der Waals surface area (Å²) in [7, 11) is 0. The molecular weight excluding hydrogens is 688 g/mol. The number of aliphatic carboxylic acids is 5. The van der Waals surface area contributed by atoms with Gasteiger partial charge >= 0.3 is 29.8 Å². The summed E-state index contributed by atoms with van der Waals surface area (Å²) in [6.45, 7) is -2.73. The Morgan fingerprint density at radius 1 is 0.528 bits per heavy atom. The van der Waals surface area contributed by atoms with E-state index in [9.17, 15) is 54.3 Å². The average molecular weight is 735 g/mol. The third-order valence-electron chi connectivity index (χ3n) is 8.72. The van der Waals surface area contributed by atoms with E-state index in [0.717, 1.165) is 26.5 Å². The number of nitrogens with one attached hydrogen (secondary N) is 1. The number of amides is 1. The van der Waals surface area contributed by atoms with Gasteiger partial charge in [-0.1, -0.05) is 91.0 Å². The maximum absolute atomic E-state index is 14.4. The maximum atomic E-state index is 14.4. The van der Waals surface area contributed by atoms with E-state index >= 15 is 0 Å². The molecule has 0 aliphatic carbocycles. The molecule has 53 heavy (non-hydrogen) atoms. The van der Waals surface area contributed by atoms with Gasteiger partial charge in [0, 0.05) is 32.7 Å². The minimum absolute atomic E-state index is 0.0716. The minimum atomic E-state index is -1.28. The van der Waals surface area contributed by atoms with Crippen LogP contribution in [0.1, 0.15) is 36.0 Å². The lowest BCUT2D eigenvalue weighted by molar-refractivity contribution is -0.146. The predicted octanol–water partition coefficient (Wildman–Crippen LogP) is 2.01. The number of carboxylic acid groups (broad SMARTS) is 5. The largest absolute Gasteiger partial charge is 0.480 e. The zero-order chi connectivity index (χ0) is 38.8. The highest BCUT2D eigenvalue weighted by Gasteiger charge is 2.43. The summed E-state index contributed by atoms with van der Waals surface area (Å²) in [6.07, 6.45) is 0.777. The van der Waals surface area contributed by atoms with Gasteiger partial charge in [0.05, 0.1) is 26.2 Å². The molecule has 15 heteroatoms. The Balaban J connectivity index is 1.79. The highest BCUT2D eigenvalue weighted by Crippen LogP contribution is 2.39. The Hall–Kier alpha value is -5.64. The molecule has 0 aromatic heterocycles. The molecule has 0 heterocycles. The predicted molar refractivity (Wildman–Crippen MR) is 192 cm³/mol. The van der Waals surface area contributed by atoms with Crippen LogP contribution in [-0.4, -0.2) is 141 Å². The van der Waals surface area contributed by atoms with Crippen molar-refractivity contribution in [2.24, 2.45) is 0 Å². The summed E-state index contributed by atoms with van der Waals surface area (Å²) in [4.78, 5) is 76.1. The number of hydrogen-bond acceptors (Lipinski definition) is 9. The lowest BCUT2D eigenvalue weighted by Gasteiger charge is -2.34. The fourth-order valence-electron chi connectivity index (χ4n) is 6.37. The second kappa shape index (κ2) is 21.0. The first-order valence-electron chi connectivity index (χ1n) is 17.1. The van der Waals surface area contributed by atoms with E-state index in [0.29, 0.717) is 12.8 Å². The monoisotopic (exact) mass is 734 g/mol. The van der Waals surface area contributed by atoms with E-state index in [4.69, 9.17) is 0 Å². The number of carbonyl (C=O) groups is 6. The fourth-order valence-corrected chi connectivity index (χ4v) is 6.37. The van der Waals surface area contributed by atoms with E-state index in [1.807, 2.05) is 91.0 Å². The molecule has 1 amide bonds. The Bertz CT molecular complexity index is 1490. The molecular formula is C38H46N4O11. The first kappa shape index (κ1) is 41.8. The molecule has 3 aromatic carbocycles. The van der Waals surface area contributed by atoms with Crippen molar-refractivity contribution >= 4 is 35.8 Å². The molecule has 0 radical (unpaired) electrons. The van der Waals surface area contributed by atoms with Crippen LogP contribution in [0, 0.1) is 0 Å². The quantitative estimate of drug-likeness (QED) is 0.0541. The normalized spacial score (nSPS) is 12.1. The second-order valence-corrected chi connectivity index (χ2v) is 12.5. The average Bonchev–Trinajstić information content (AvgIpc) is 3.10. The topological polar surface area (TPSA) is 225 Å². The summed E-state index contributed by atoms with van der Waals surface area (Å²) >= 11 is 0. The Kier molecular flexibility index (Phi) is 16.6. The van der Waals surface area contributed by atoms with Gasteiger partial charge in [0.2, 0.25) is 5.91 Å². The molecule has 3 rings (SSSR count). The smallest absolute Gasteiger partial charge is 0.320 e. The van der Waals surface area contributed by atoms with Crippen molar-refractivity contribution in [3.8, 4) is 0 Å². The molecule has 0 aliphatic heterocycles. The SMILES string of the molecule is O=C(O)CN(CCN(CCN(CC(=O)O)CC(=O)O)[C@@H](CCCCNC(=O)C(c1ccccc1)(c1ccccc1)c1ccccc1)C(=O)O)CC(=O)O. The number of rotatable bonds is 25.